The SMILES string of the molecule is O.O.O.O=C(O)C1CCC2CCC21. The molecule has 13 heavy (non-hydrogen) atoms. The summed E-state index contributed by atoms with van der Waals surface area (Å²) in [5.74, 6) is 0.782. The van der Waals surface area contributed by atoms with Crippen LogP contribution in [-0.4, -0.2) is 27.5 Å². The largest absolute Gasteiger partial charge is 0.481 e. The number of carboxylic acids is 1. The van der Waals surface area contributed by atoms with E-state index in [4.69, 9.17) is 5.11 Å². The number of rotatable bonds is 1. The number of fused-ring (bicyclic) bond motifs is 1. The summed E-state index contributed by atoms with van der Waals surface area (Å²) < 4.78 is 0. The minimum absolute atomic E-state index is 0. The van der Waals surface area contributed by atoms with Crippen molar-refractivity contribution in [2.45, 2.75) is 25.7 Å². The van der Waals surface area contributed by atoms with E-state index < -0.39 is 5.97 Å². The predicted octanol–water partition coefficient (Wildman–Crippen LogP) is -0.967. The summed E-state index contributed by atoms with van der Waals surface area (Å²) in [6, 6.07) is 0. The van der Waals surface area contributed by atoms with Crippen molar-refractivity contribution in [2.75, 3.05) is 0 Å². The van der Waals surface area contributed by atoms with E-state index in [0.717, 1.165) is 12.3 Å². The summed E-state index contributed by atoms with van der Waals surface area (Å²) >= 11 is 0. The van der Waals surface area contributed by atoms with Gasteiger partial charge >= 0.3 is 5.97 Å². The van der Waals surface area contributed by atoms with Crippen LogP contribution in [0.1, 0.15) is 25.7 Å². The van der Waals surface area contributed by atoms with Crippen molar-refractivity contribution in [3.8, 4) is 0 Å². The first kappa shape index (κ1) is 14.9. The normalized spacial score (nSPS) is 34.0. The molecule has 5 heteroatoms. The lowest BCUT2D eigenvalue weighted by atomic mass is 9.73. The first-order valence-electron chi connectivity index (χ1n) is 4.02. The molecule has 2 saturated carbocycles. The zero-order chi connectivity index (χ0) is 7.14. The predicted molar refractivity (Wildman–Crippen MR) is 47.4 cm³/mol. The minimum Gasteiger partial charge on any atom is -0.481 e. The van der Waals surface area contributed by atoms with Crippen molar-refractivity contribution in [2.24, 2.45) is 17.8 Å². The molecule has 0 saturated heterocycles. The van der Waals surface area contributed by atoms with Crippen LogP contribution >= 0.6 is 0 Å². The molecule has 2 rings (SSSR count). The number of aliphatic carboxylic acids is 1. The van der Waals surface area contributed by atoms with Crippen molar-refractivity contribution >= 4 is 5.97 Å². The van der Waals surface area contributed by atoms with E-state index in [0.29, 0.717) is 5.92 Å². The molecule has 0 aromatic heterocycles. The van der Waals surface area contributed by atoms with Gasteiger partial charge in [0.15, 0.2) is 0 Å². The summed E-state index contributed by atoms with van der Waals surface area (Å²) in [5.41, 5.74) is 0. The molecule has 5 nitrogen and oxygen atoms in total. The Morgan fingerprint density at radius 2 is 1.54 bits per heavy atom. The maximum Gasteiger partial charge on any atom is 0.306 e. The second kappa shape index (κ2) is 5.16. The number of carboxylic acid groups (broad SMARTS) is 1. The standard InChI is InChI=1S/C8H12O2.3H2O/c9-8(10)7-4-2-5-1-3-6(5)7;;;/h5-7H,1-4H2,(H,9,10);3*1H2. The van der Waals surface area contributed by atoms with E-state index in [1.165, 1.54) is 19.3 Å². The van der Waals surface area contributed by atoms with E-state index >= 15 is 0 Å². The first-order chi connectivity index (χ1) is 4.79. The van der Waals surface area contributed by atoms with E-state index in [9.17, 15) is 4.79 Å². The summed E-state index contributed by atoms with van der Waals surface area (Å²) in [6.45, 7) is 0. The monoisotopic (exact) mass is 194 g/mol. The van der Waals surface area contributed by atoms with Crippen molar-refractivity contribution in [3.05, 3.63) is 0 Å². The van der Waals surface area contributed by atoms with Gasteiger partial charge in [0.05, 0.1) is 5.92 Å². The fourth-order valence-corrected chi connectivity index (χ4v) is 2.40. The minimum atomic E-state index is -0.563. The van der Waals surface area contributed by atoms with Crippen LogP contribution < -0.4 is 0 Å². The average molecular weight is 194 g/mol. The molecular weight excluding hydrogens is 176 g/mol. The van der Waals surface area contributed by atoms with Crippen LogP contribution in [0.25, 0.3) is 0 Å². The van der Waals surface area contributed by atoms with Gasteiger partial charge in [0.1, 0.15) is 0 Å². The number of carbonyl (C=O) groups is 1. The molecule has 0 aromatic carbocycles. The second-order valence-electron chi connectivity index (χ2n) is 3.52. The summed E-state index contributed by atoms with van der Waals surface area (Å²) in [7, 11) is 0. The lowest BCUT2D eigenvalue weighted by Crippen LogP contribution is -2.29. The van der Waals surface area contributed by atoms with E-state index in [1.807, 2.05) is 0 Å². The molecule has 0 radical (unpaired) electrons. The third kappa shape index (κ3) is 2.18. The molecule has 3 atom stereocenters. The molecule has 0 spiro atoms. The van der Waals surface area contributed by atoms with Crippen LogP contribution in [0.5, 0.6) is 0 Å². The molecule has 2 aliphatic rings. The smallest absolute Gasteiger partial charge is 0.306 e. The van der Waals surface area contributed by atoms with Gasteiger partial charge in [-0.05, 0) is 37.5 Å². The first-order valence-corrected chi connectivity index (χ1v) is 4.02. The molecule has 80 valence electrons. The van der Waals surface area contributed by atoms with Crippen LogP contribution in [0.15, 0.2) is 0 Å². The summed E-state index contributed by atoms with van der Waals surface area (Å²) in [4.78, 5) is 10.6. The maximum atomic E-state index is 10.6. The lowest BCUT2D eigenvalue weighted by molar-refractivity contribution is -0.144. The maximum absolute atomic E-state index is 10.6. The Morgan fingerprint density at radius 3 is 1.77 bits per heavy atom. The van der Waals surface area contributed by atoms with Crippen LogP contribution in [0, 0.1) is 17.8 Å². The number of hydrogen-bond acceptors (Lipinski definition) is 1. The van der Waals surface area contributed by atoms with Gasteiger partial charge in [-0.1, -0.05) is 0 Å². The van der Waals surface area contributed by atoms with Crippen LogP contribution in [0.2, 0.25) is 0 Å². The van der Waals surface area contributed by atoms with Gasteiger partial charge in [-0.15, -0.1) is 0 Å². The molecule has 0 aliphatic heterocycles. The highest BCUT2D eigenvalue weighted by Crippen LogP contribution is 2.50. The van der Waals surface area contributed by atoms with Gasteiger partial charge in [0, 0.05) is 0 Å². The van der Waals surface area contributed by atoms with E-state index in [1.54, 1.807) is 0 Å². The van der Waals surface area contributed by atoms with Gasteiger partial charge in [0.25, 0.3) is 0 Å². The fraction of sp³-hybridized carbons (Fsp3) is 0.875. The van der Waals surface area contributed by atoms with Crippen LogP contribution in [-0.2, 0) is 4.79 Å². The Hall–Kier alpha value is -0.650. The molecule has 3 unspecified atom stereocenters. The average Bonchev–Trinajstić information content (AvgIpc) is 2.07. The van der Waals surface area contributed by atoms with Crippen molar-refractivity contribution < 1.29 is 26.3 Å². The third-order valence-electron chi connectivity index (χ3n) is 3.16. The molecule has 0 bridgehead atoms. The van der Waals surface area contributed by atoms with Crippen molar-refractivity contribution in [1.29, 1.82) is 0 Å². The highest BCUT2D eigenvalue weighted by molar-refractivity contribution is 5.71. The summed E-state index contributed by atoms with van der Waals surface area (Å²) in [6.07, 6.45) is 4.56. The Labute approximate surface area is 76.7 Å². The van der Waals surface area contributed by atoms with Gasteiger partial charge in [-0.3, -0.25) is 4.79 Å². The summed E-state index contributed by atoms with van der Waals surface area (Å²) in [5, 5.41) is 8.74. The molecule has 7 N–H and O–H groups in total. The van der Waals surface area contributed by atoms with Crippen molar-refractivity contribution in [1.82, 2.24) is 0 Å². The lowest BCUT2D eigenvalue weighted by Gasteiger charge is -2.32. The van der Waals surface area contributed by atoms with Gasteiger partial charge in [-0.25, -0.2) is 0 Å². The molecular formula is C8H18O5. The molecule has 0 heterocycles. The highest BCUT2D eigenvalue weighted by atomic mass is 16.4. The Balaban J connectivity index is 0. The zero-order valence-corrected chi connectivity index (χ0v) is 7.42. The van der Waals surface area contributed by atoms with Crippen LogP contribution in [0.3, 0.4) is 0 Å². The quantitative estimate of drug-likeness (QED) is 0.575. The molecule has 0 amide bonds. The Kier molecular flexibility index (Phi) is 5.90. The Bertz CT molecular complexity index is 170. The number of hydrogen-bond donors (Lipinski definition) is 1. The molecule has 2 fully saturated rings. The fourth-order valence-electron chi connectivity index (χ4n) is 2.40. The second-order valence-corrected chi connectivity index (χ2v) is 3.52. The van der Waals surface area contributed by atoms with E-state index in [-0.39, 0.29) is 22.3 Å². The van der Waals surface area contributed by atoms with Crippen LogP contribution in [0.4, 0.5) is 0 Å². The third-order valence-corrected chi connectivity index (χ3v) is 3.16. The van der Waals surface area contributed by atoms with Gasteiger partial charge < -0.3 is 21.5 Å². The van der Waals surface area contributed by atoms with Crippen molar-refractivity contribution in [3.63, 3.8) is 0 Å². The molecule has 2 aliphatic carbocycles. The van der Waals surface area contributed by atoms with Gasteiger partial charge in [0.2, 0.25) is 0 Å². The topological polar surface area (TPSA) is 132 Å². The highest BCUT2D eigenvalue weighted by Gasteiger charge is 2.45. The zero-order valence-electron chi connectivity index (χ0n) is 7.42. The Morgan fingerprint density at radius 1 is 1.00 bits per heavy atom. The van der Waals surface area contributed by atoms with Gasteiger partial charge in [-0.2, -0.15) is 0 Å². The molecule has 0 aromatic rings. The van der Waals surface area contributed by atoms with E-state index in [2.05, 4.69) is 0 Å².